The van der Waals surface area contributed by atoms with Gasteiger partial charge in [-0.1, -0.05) is 23.7 Å². The highest BCUT2D eigenvalue weighted by molar-refractivity contribution is 6.34. The Morgan fingerprint density at radius 1 is 1.28 bits per heavy atom. The molecule has 0 spiro atoms. The Bertz CT molecular complexity index is 577. The maximum absolute atomic E-state index is 12.3. The molecule has 3 nitrogen and oxygen atoms in total. The van der Waals surface area contributed by atoms with Gasteiger partial charge in [0.25, 0.3) is 5.91 Å². The lowest BCUT2D eigenvalue weighted by Gasteiger charge is -2.29. The van der Waals surface area contributed by atoms with Crippen LogP contribution in [0.15, 0.2) is 41.0 Å². The molecule has 4 heteroatoms. The zero-order valence-electron chi connectivity index (χ0n) is 9.73. The number of benzene rings is 1. The topological polar surface area (TPSA) is 33.5 Å². The monoisotopic (exact) mass is 261 g/mol. The van der Waals surface area contributed by atoms with Crippen LogP contribution in [0.3, 0.4) is 0 Å². The maximum atomic E-state index is 12.3. The van der Waals surface area contributed by atoms with Gasteiger partial charge in [-0.25, -0.2) is 0 Å². The zero-order valence-corrected chi connectivity index (χ0v) is 10.5. The molecule has 92 valence electrons. The fraction of sp³-hybridized carbons (Fsp3) is 0.214. The van der Waals surface area contributed by atoms with Crippen molar-refractivity contribution in [1.29, 1.82) is 0 Å². The minimum absolute atomic E-state index is 0.131. The van der Waals surface area contributed by atoms with E-state index >= 15 is 0 Å². The summed E-state index contributed by atoms with van der Waals surface area (Å²) in [6.07, 6.45) is 3.41. The first-order valence-electron chi connectivity index (χ1n) is 5.90. The minimum Gasteiger partial charge on any atom is -0.459 e. The Kier molecular flexibility index (Phi) is 2.84. The third kappa shape index (κ3) is 1.81. The van der Waals surface area contributed by atoms with Crippen LogP contribution in [0, 0.1) is 0 Å². The van der Waals surface area contributed by atoms with Crippen LogP contribution in [0.5, 0.6) is 0 Å². The molecular formula is C14H12ClNO2. The first-order chi connectivity index (χ1) is 8.77. The molecule has 0 bridgehead atoms. The Hall–Kier alpha value is -1.74. The summed E-state index contributed by atoms with van der Waals surface area (Å²) in [6.45, 7) is 0.677. The molecule has 0 saturated carbocycles. The summed E-state index contributed by atoms with van der Waals surface area (Å²) >= 11 is 6.22. The number of para-hydroxylation sites is 1. The van der Waals surface area contributed by atoms with Gasteiger partial charge in [0, 0.05) is 6.54 Å². The van der Waals surface area contributed by atoms with E-state index in [1.165, 1.54) is 6.26 Å². The number of amides is 1. The van der Waals surface area contributed by atoms with Gasteiger partial charge in [-0.05, 0) is 36.6 Å². The summed E-state index contributed by atoms with van der Waals surface area (Å²) in [7, 11) is 0. The zero-order chi connectivity index (χ0) is 12.5. The van der Waals surface area contributed by atoms with Gasteiger partial charge in [-0.3, -0.25) is 4.79 Å². The molecule has 3 rings (SSSR count). The van der Waals surface area contributed by atoms with Crippen LogP contribution in [0.1, 0.15) is 22.5 Å². The van der Waals surface area contributed by atoms with Crippen molar-refractivity contribution in [1.82, 2.24) is 0 Å². The van der Waals surface area contributed by atoms with Crippen molar-refractivity contribution < 1.29 is 9.21 Å². The van der Waals surface area contributed by atoms with E-state index in [2.05, 4.69) is 0 Å². The number of fused-ring (bicyclic) bond motifs is 1. The van der Waals surface area contributed by atoms with E-state index in [-0.39, 0.29) is 5.91 Å². The molecule has 0 saturated heterocycles. The van der Waals surface area contributed by atoms with E-state index in [0.29, 0.717) is 17.3 Å². The molecule has 2 aromatic rings. The van der Waals surface area contributed by atoms with Crippen molar-refractivity contribution in [2.75, 3.05) is 11.4 Å². The van der Waals surface area contributed by atoms with Crippen LogP contribution in [0.2, 0.25) is 5.02 Å². The Morgan fingerprint density at radius 2 is 2.17 bits per heavy atom. The van der Waals surface area contributed by atoms with Crippen LogP contribution < -0.4 is 4.90 Å². The quantitative estimate of drug-likeness (QED) is 0.787. The number of anilines is 1. The average Bonchev–Trinajstić information content (AvgIpc) is 2.91. The smallest absolute Gasteiger partial charge is 0.294 e. The summed E-state index contributed by atoms with van der Waals surface area (Å²) < 4.78 is 5.17. The first kappa shape index (κ1) is 11.4. The summed E-state index contributed by atoms with van der Waals surface area (Å²) in [6, 6.07) is 9.14. The molecule has 2 heterocycles. The van der Waals surface area contributed by atoms with E-state index < -0.39 is 0 Å². The van der Waals surface area contributed by atoms with Crippen LogP contribution in [-0.2, 0) is 6.42 Å². The summed E-state index contributed by atoms with van der Waals surface area (Å²) in [4.78, 5) is 14.1. The number of hydrogen-bond acceptors (Lipinski definition) is 2. The highest BCUT2D eigenvalue weighted by Crippen LogP contribution is 2.34. The number of carbonyl (C=O) groups excluding carboxylic acids is 1. The fourth-order valence-electron chi connectivity index (χ4n) is 2.34. The Morgan fingerprint density at radius 3 is 2.94 bits per heavy atom. The second-order valence-electron chi connectivity index (χ2n) is 4.29. The molecule has 18 heavy (non-hydrogen) atoms. The van der Waals surface area contributed by atoms with Gasteiger partial charge in [0.1, 0.15) is 0 Å². The predicted octanol–water partition coefficient (Wildman–Crippen LogP) is 3.53. The van der Waals surface area contributed by atoms with Gasteiger partial charge in [0.15, 0.2) is 5.76 Å². The van der Waals surface area contributed by atoms with Crippen molar-refractivity contribution in [3.63, 3.8) is 0 Å². The van der Waals surface area contributed by atoms with E-state index in [1.54, 1.807) is 17.0 Å². The number of nitrogens with zero attached hydrogens (tertiary/aromatic N) is 1. The predicted molar refractivity (Wildman–Crippen MR) is 70.2 cm³/mol. The van der Waals surface area contributed by atoms with Gasteiger partial charge in [0.05, 0.1) is 17.0 Å². The number of carbonyl (C=O) groups is 1. The molecule has 1 amide bonds. The third-order valence-corrected chi connectivity index (χ3v) is 3.45. The van der Waals surface area contributed by atoms with Gasteiger partial charge < -0.3 is 9.32 Å². The summed E-state index contributed by atoms with van der Waals surface area (Å²) in [5, 5.41) is 0.618. The largest absolute Gasteiger partial charge is 0.459 e. The average molecular weight is 262 g/mol. The van der Waals surface area contributed by atoms with Crippen molar-refractivity contribution in [2.45, 2.75) is 12.8 Å². The second kappa shape index (κ2) is 4.50. The van der Waals surface area contributed by atoms with Crippen molar-refractivity contribution in [3.8, 4) is 0 Å². The fourth-order valence-corrected chi connectivity index (χ4v) is 2.64. The van der Waals surface area contributed by atoms with E-state index in [4.69, 9.17) is 16.0 Å². The van der Waals surface area contributed by atoms with Crippen molar-refractivity contribution in [3.05, 3.63) is 52.9 Å². The lowest BCUT2D eigenvalue weighted by atomic mass is 10.0. The van der Waals surface area contributed by atoms with Gasteiger partial charge in [-0.2, -0.15) is 0 Å². The van der Waals surface area contributed by atoms with E-state index in [9.17, 15) is 4.79 Å². The minimum atomic E-state index is -0.131. The summed E-state index contributed by atoms with van der Waals surface area (Å²) in [5.41, 5.74) is 1.94. The van der Waals surface area contributed by atoms with Gasteiger partial charge >= 0.3 is 0 Å². The molecule has 1 aromatic carbocycles. The highest BCUT2D eigenvalue weighted by Gasteiger charge is 2.26. The van der Waals surface area contributed by atoms with Crippen LogP contribution in [-0.4, -0.2) is 12.5 Å². The molecule has 0 fully saturated rings. The molecule has 1 aromatic heterocycles. The number of aryl methyl sites for hydroxylation is 1. The SMILES string of the molecule is O=C(c1ccco1)N1CCCc2cccc(Cl)c21. The highest BCUT2D eigenvalue weighted by atomic mass is 35.5. The number of rotatable bonds is 1. The third-order valence-electron chi connectivity index (χ3n) is 3.15. The molecule has 1 aliphatic rings. The van der Waals surface area contributed by atoms with Crippen LogP contribution >= 0.6 is 11.6 Å². The first-order valence-corrected chi connectivity index (χ1v) is 6.28. The normalized spacial score (nSPS) is 14.4. The Labute approximate surface area is 110 Å². The number of hydrogen-bond donors (Lipinski definition) is 0. The molecule has 1 aliphatic heterocycles. The molecule has 0 atom stereocenters. The van der Waals surface area contributed by atoms with Crippen LogP contribution in [0.4, 0.5) is 5.69 Å². The number of halogens is 1. The van der Waals surface area contributed by atoms with Gasteiger partial charge in [0.2, 0.25) is 0 Å². The van der Waals surface area contributed by atoms with Gasteiger partial charge in [-0.15, -0.1) is 0 Å². The molecular weight excluding hydrogens is 250 g/mol. The van der Waals surface area contributed by atoms with Crippen LogP contribution in [0.25, 0.3) is 0 Å². The maximum Gasteiger partial charge on any atom is 0.294 e. The van der Waals surface area contributed by atoms with E-state index in [0.717, 1.165) is 24.1 Å². The molecule has 0 aliphatic carbocycles. The molecule has 0 radical (unpaired) electrons. The van der Waals surface area contributed by atoms with Crippen molar-refractivity contribution >= 4 is 23.2 Å². The molecule has 0 unspecified atom stereocenters. The number of furan rings is 1. The molecule has 0 N–H and O–H groups in total. The summed E-state index contributed by atoms with van der Waals surface area (Å²) in [5.74, 6) is 0.219. The van der Waals surface area contributed by atoms with E-state index in [1.807, 2.05) is 18.2 Å². The van der Waals surface area contributed by atoms with Crippen molar-refractivity contribution in [2.24, 2.45) is 0 Å². The second-order valence-corrected chi connectivity index (χ2v) is 4.69. The standard InChI is InChI=1S/C14H12ClNO2/c15-11-6-1-4-10-5-2-8-16(13(10)11)14(17)12-7-3-9-18-12/h1,3-4,6-7,9H,2,5,8H2. The lowest BCUT2D eigenvalue weighted by Crippen LogP contribution is -2.35. The Balaban J connectivity index is 2.04. The lowest BCUT2D eigenvalue weighted by molar-refractivity contribution is 0.0958.